The highest BCUT2D eigenvalue weighted by Crippen LogP contribution is 2.08. The Balaban J connectivity index is 1.92. The molecule has 1 atom stereocenters. The van der Waals surface area contributed by atoms with E-state index in [1.807, 2.05) is 36.5 Å². The van der Waals surface area contributed by atoms with Crippen LogP contribution >= 0.6 is 0 Å². The molecular weight excluding hydrogens is 260 g/mol. The summed E-state index contributed by atoms with van der Waals surface area (Å²) in [6.45, 7) is 8.27. The highest BCUT2D eigenvalue weighted by Gasteiger charge is 2.04. The summed E-state index contributed by atoms with van der Waals surface area (Å²) in [5, 5.41) is 5.31. The number of benzene rings is 1. The molecule has 2 rings (SSSR count). The molecule has 0 bridgehead atoms. The van der Waals surface area contributed by atoms with Gasteiger partial charge in [-0.25, -0.2) is 0 Å². The number of pyridine rings is 1. The molecule has 0 aliphatic rings. The van der Waals surface area contributed by atoms with Gasteiger partial charge in [-0.1, -0.05) is 32.0 Å². The monoisotopic (exact) mass is 286 g/mol. The number of aromatic nitrogens is 1. The molecule has 0 aliphatic heterocycles. The zero-order chi connectivity index (χ0) is 15.2. The second kappa shape index (κ2) is 7.41. The van der Waals surface area contributed by atoms with Gasteiger partial charge in [0.2, 0.25) is 0 Å². The normalized spacial score (nSPS) is 13.0. The Morgan fingerprint density at radius 2 is 1.86 bits per heavy atom. The lowest BCUT2D eigenvalue weighted by molar-refractivity contribution is 0.440. The van der Waals surface area contributed by atoms with Gasteiger partial charge in [0, 0.05) is 30.7 Å². The third-order valence-electron chi connectivity index (χ3n) is 3.91. The van der Waals surface area contributed by atoms with Gasteiger partial charge in [-0.15, -0.1) is 0 Å². The van der Waals surface area contributed by atoms with E-state index in [-0.39, 0.29) is 5.56 Å². The molecule has 0 aliphatic carbocycles. The van der Waals surface area contributed by atoms with Gasteiger partial charge in [0.25, 0.3) is 5.56 Å². The first-order valence-corrected chi connectivity index (χ1v) is 7.89. The van der Waals surface area contributed by atoms with Crippen LogP contribution in [0.2, 0.25) is 0 Å². The van der Waals surface area contributed by atoms with Crippen molar-refractivity contribution in [2.24, 2.45) is 5.92 Å². The number of nitrogens with one attached hydrogen (secondary N) is 1. The lowest BCUT2D eigenvalue weighted by Crippen LogP contribution is -2.32. The Labute approximate surface area is 127 Å². The molecule has 1 N–H and O–H groups in total. The van der Waals surface area contributed by atoms with Gasteiger partial charge >= 0.3 is 0 Å². The van der Waals surface area contributed by atoms with Gasteiger partial charge in [-0.2, -0.15) is 0 Å². The third-order valence-corrected chi connectivity index (χ3v) is 3.91. The molecule has 21 heavy (non-hydrogen) atoms. The highest BCUT2D eigenvalue weighted by molar-refractivity contribution is 5.81. The summed E-state index contributed by atoms with van der Waals surface area (Å²) < 4.78 is 1.80. The predicted octanol–water partition coefficient (Wildman–Crippen LogP) is 3.42. The number of fused-ring (bicyclic) bond motifs is 1. The fraction of sp³-hybridized carbons (Fsp3) is 0.500. The maximum absolute atomic E-state index is 12.4. The van der Waals surface area contributed by atoms with Crippen molar-refractivity contribution in [3.63, 3.8) is 0 Å². The molecular formula is C18H26N2O. The van der Waals surface area contributed by atoms with Gasteiger partial charge in [0.05, 0.1) is 0 Å². The molecule has 0 fully saturated rings. The fourth-order valence-corrected chi connectivity index (χ4v) is 2.52. The Hall–Kier alpha value is -1.61. The lowest BCUT2D eigenvalue weighted by atomic mass is 10.0. The molecule has 1 aromatic heterocycles. The minimum atomic E-state index is 0.102. The van der Waals surface area contributed by atoms with Crippen LogP contribution in [-0.4, -0.2) is 17.2 Å². The second-order valence-corrected chi connectivity index (χ2v) is 6.23. The smallest absolute Gasteiger partial charge is 0.258 e. The molecule has 3 nitrogen and oxygen atoms in total. The summed E-state index contributed by atoms with van der Waals surface area (Å²) >= 11 is 0. The van der Waals surface area contributed by atoms with Gasteiger partial charge in [-0.3, -0.25) is 4.79 Å². The van der Waals surface area contributed by atoms with Crippen molar-refractivity contribution in [2.45, 2.75) is 46.2 Å². The topological polar surface area (TPSA) is 34.0 Å². The summed E-state index contributed by atoms with van der Waals surface area (Å²) in [5.74, 6) is 0.748. The van der Waals surface area contributed by atoms with Crippen LogP contribution in [0.3, 0.4) is 0 Å². The van der Waals surface area contributed by atoms with E-state index in [9.17, 15) is 4.79 Å². The van der Waals surface area contributed by atoms with Crippen molar-refractivity contribution in [2.75, 3.05) is 6.54 Å². The lowest BCUT2D eigenvalue weighted by Gasteiger charge is -2.15. The summed E-state index contributed by atoms with van der Waals surface area (Å²) in [4.78, 5) is 12.4. The first-order valence-electron chi connectivity index (χ1n) is 7.89. The van der Waals surface area contributed by atoms with Gasteiger partial charge in [-0.05, 0) is 43.2 Å². The molecule has 3 heteroatoms. The van der Waals surface area contributed by atoms with Crippen molar-refractivity contribution in [3.8, 4) is 0 Å². The fourth-order valence-electron chi connectivity index (χ4n) is 2.52. The zero-order valence-electron chi connectivity index (χ0n) is 13.3. The van der Waals surface area contributed by atoms with Crippen molar-refractivity contribution in [1.82, 2.24) is 9.88 Å². The van der Waals surface area contributed by atoms with Crippen molar-refractivity contribution < 1.29 is 0 Å². The zero-order valence-corrected chi connectivity index (χ0v) is 13.3. The molecule has 0 saturated heterocycles. The first-order chi connectivity index (χ1) is 10.1. The van der Waals surface area contributed by atoms with E-state index < -0.39 is 0 Å². The molecule has 2 aromatic rings. The maximum Gasteiger partial charge on any atom is 0.258 e. The summed E-state index contributed by atoms with van der Waals surface area (Å²) in [6, 6.07) is 10.3. The quantitative estimate of drug-likeness (QED) is 0.846. The molecule has 0 spiro atoms. The average Bonchev–Trinajstić information content (AvgIpc) is 2.48. The van der Waals surface area contributed by atoms with Crippen LogP contribution in [0.15, 0.2) is 41.3 Å². The summed E-state index contributed by atoms with van der Waals surface area (Å²) in [7, 11) is 0. The molecule has 0 amide bonds. The molecule has 0 saturated carbocycles. The van der Waals surface area contributed by atoms with Crippen LogP contribution in [-0.2, 0) is 6.54 Å². The van der Waals surface area contributed by atoms with Crippen molar-refractivity contribution >= 4 is 10.8 Å². The Morgan fingerprint density at radius 1 is 1.10 bits per heavy atom. The number of hydrogen-bond acceptors (Lipinski definition) is 2. The highest BCUT2D eigenvalue weighted by atomic mass is 16.1. The number of rotatable bonds is 7. The van der Waals surface area contributed by atoms with E-state index in [4.69, 9.17) is 0 Å². The number of hydrogen-bond donors (Lipinski definition) is 1. The van der Waals surface area contributed by atoms with Crippen LogP contribution in [0.5, 0.6) is 0 Å². The summed E-state index contributed by atoms with van der Waals surface area (Å²) in [5.41, 5.74) is 0.102. The van der Waals surface area contributed by atoms with Crippen LogP contribution in [0.4, 0.5) is 0 Å². The van der Waals surface area contributed by atoms with Crippen LogP contribution in [0.25, 0.3) is 10.8 Å². The van der Waals surface area contributed by atoms with Gasteiger partial charge in [0.15, 0.2) is 0 Å². The largest absolute Gasteiger partial charge is 0.314 e. The molecule has 1 aromatic carbocycles. The Kier molecular flexibility index (Phi) is 5.57. The molecule has 0 radical (unpaired) electrons. The molecule has 1 heterocycles. The van der Waals surface area contributed by atoms with E-state index in [1.54, 1.807) is 4.57 Å². The van der Waals surface area contributed by atoms with E-state index in [0.29, 0.717) is 6.04 Å². The van der Waals surface area contributed by atoms with Crippen LogP contribution < -0.4 is 10.9 Å². The predicted molar refractivity (Wildman–Crippen MR) is 89.7 cm³/mol. The average molecular weight is 286 g/mol. The van der Waals surface area contributed by atoms with E-state index in [0.717, 1.165) is 29.8 Å². The second-order valence-electron chi connectivity index (χ2n) is 6.23. The van der Waals surface area contributed by atoms with Gasteiger partial charge in [0.1, 0.15) is 0 Å². The van der Waals surface area contributed by atoms with Crippen LogP contribution in [0, 0.1) is 5.92 Å². The first kappa shape index (κ1) is 15.8. The summed E-state index contributed by atoms with van der Waals surface area (Å²) in [6.07, 6.45) is 4.32. The maximum atomic E-state index is 12.4. The molecule has 1 unspecified atom stereocenters. The Morgan fingerprint density at radius 3 is 2.62 bits per heavy atom. The third kappa shape index (κ3) is 4.43. The minimum absolute atomic E-state index is 0.102. The minimum Gasteiger partial charge on any atom is -0.314 e. The van der Waals surface area contributed by atoms with E-state index >= 15 is 0 Å². The molecule has 114 valence electrons. The Bertz CT molecular complexity index is 630. The van der Waals surface area contributed by atoms with Crippen molar-refractivity contribution in [3.05, 3.63) is 46.9 Å². The standard InChI is InChI=1S/C18H26N2O/c1-14(2)8-9-15(3)19-11-13-20-12-10-16-6-4-5-7-17(16)18(20)21/h4-7,10,12,14-15,19H,8-9,11,13H2,1-3H3. The number of nitrogens with zero attached hydrogens (tertiary/aromatic N) is 1. The van der Waals surface area contributed by atoms with Crippen molar-refractivity contribution in [1.29, 1.82) is 0 Å². The van der Waals surface area contributed by atoms with Gasteiger partial charge < -0.3 is 9.88 Å². The SMILES string of the molecule is CC(C)CCC(C)NCCn1ccc2ccccc2c1=O. The van der Waals surface area contributed by atoms with E-state index in [1.165, 1.54) is 12.8 Å². The van der Waals surface area contributed by atoms with Crippen LogP contribution in [0.1, 0.15) is 33.6 Å². The van der Waals surface area contributed by atoms with E-state index in [2.05, 4.69) is 26.1 Å².